The van der Waals surface area contributed by atoms with E-state index in [-0.39, 0.29) is 6.10 Å². The summed E-state index contributed by atoms with van der Waals surface area (Å²) in [6.45, 7) is 4.35. The lowest BCUT2D eigenvalue weighted by molar-refractivity contribution is 0.0748. The lowest BCUT2D eigenvalue weighted by Crippen LogP contribution is -2.20. The van der Waals surface area contributed by atoms with Gasteiger partial charge in [0, 0.05) is 18.0 Å². The molecule has 0 saturated heterocycles. The molecule has 1 N–H and O–H groups in total. The van der Waals surface area contributed by atoms with E-state index in [1.807, 2.05) is 19.2 Å². The molecule has 1 aromatic rings. The highest BCUT2D eigenvalue weighted by molar-refractivity contribution is 5.24. The standard InChI is InChI=1S/C14H21NO/c1-10-3-5-12(6-4-10)14(16)13-9-15-8-7-11(13)2/h7-10,12,14,16H,3-6H2,1-2H3. The Balaban J connectivity index is 2.07. The maximum Gasteiger partial charge on any atom is 0.0835 e. The van der Waals surface area contributed by atoms with E-state index in [0.29, 0.717) is 5.92 Å². The van der Waals surface area contributed by atoms with E-state index >= 15 is 0 Å². The van der Waals surface area contributed by atoms with Crippen molar-refractivity contribution in [2.75, 3.05) is 0 Å². The monoisotopic (exact) mass is 219 g/mol. The molecular weight excluding hydrogens is 198 g/mol. The predicted octanol–water partition coefficient (Wildman–Crippen LogP) is 3.25. The van der Waals surface area contributed by atoms with Gasteiger partial charge in [0.05, 0.1) is 6.10 Å². The Hall–Kier alpha value is -0.890. The van der Waals surface area contributed by atoms with Gasteiger partial charge in [-0.15, -0.1) is 0 Å². The normalized spacial score (nSPS) is 27.7. The van der Waals surface area contributed by atoms with Crippen molar-refractivity contribution in [1.82, 2.24) is 4.98 Å². The van der Waals surface area contributed by atoms with Crippen LogP contribution in [0.2, 0.25) is 0 Å². The van der Waals surface area contributed by atoms with Gasteiger partial charge in [-0.3, -0.25) is 4.98 Å². The van der Waals surface area contributed by atoms with E-state index in [9.17, 15) is 5.11 Å². The second-order valence-electron chi connectivity index (χ2n) is 5.20. The van der Waals surface area contributed by atoms with Gasteiger partial charge in [0.15, 0.2) is 0 Å². The van der Waals surface area contributed by atoms with Crippen LogP contribution in [0.1, 0.15) is 49.8 Å². The van der Waals surface area contributed by atoms with E-state index in [0.717, 1.165) is 29.9 Å². The summed E-state index contributed by atoms with van der Waals surface area (Å²) in [6, 6.07) is 1.98. The first kappa shape index (κ1) is 11.6. The minimum Gasteiger partial charge on any atom is -0.388 e. The Labute approximate surface area is 97.7 Å². The summed E-state index contributed by atoms with van der Waals surface area (Å²) in [6.07, 6.45) is 8.09. The molecule has 0 radical (unpaired) electrons. The first-order valence-corrected chi connectivity index (χ1v) is 6.27. The van der Waals surface area contributed by atoms with Crippen LogP contribution in [-0.4, -0.2) is 10.1 Å². The molecule has 1 aliphatic rings. The maximum absolute atomic E-state index is 10.4. The molecule has 2 heteroatoms. The van der Waals surface area contributed by atoms with E-state index in [1.54, 1.807) is 6.20 Å². The van der Waals surface area contributed by atoms with E-state index in [1.165, 1.54) is 12.8 Å². The third kappa shape index (κ3) is 2.43. The highest BCUT2D eigenvalue weighted by Gasteiger charge is 2.26. The van der Waals surface area contributed by atoms with Crippen molar-refractivity contribution < 1.29 is 5.11 Å². The van der Waals surface area contributed by atoms with E-state index in [4.69, 9.17) is 0 Å². The number of aromatic nitrogens is 1. The fourth-order valence-electron chi connectivity index (χ4n) is 2.64. The zero-order chi connectivity index (χ0) is 11.5. The first-order chi connectivity index (χ1) is 7.68. The quantitative estimate of drug-likeness (QED) is 0.828. The molecule has 2 nitrogen and oxygen atoms in total. The molecule has 1 unspecified atom stereocenters. The molecule has 0 aromatic carbocycles. The van der Waals surface area contributed by atoms with Crippen LogP contribution in [0, 0.1) is 18.8 Å². The van der Waals surface area contributed by atoms with Gasteiger partial charge < -0.3 is 5.11 Å². The van der Waals surface area contributed by atoms with Crippen molar-refractivity contribution in [3.63, 3.8) is 0 Å². The topological polar surface area (TPSA) is 33.1 Å². The Morgan fingerprint density at radius 2 is 2.00 bits per heavy atom. The number of aliphatic hydroxyl groups excluding tert-OH is 1. The van der Waals surface area contributed by atoms with Gasteiger partial charge in [-0.25, -0.2) is 0 Å². The van der Waals surface area contributed by atoms with Crippen LogP contribution in [0.5, 0.6) is 0 Å². The number of hydrogen-bond donors (Lipinski definition) is 1. The maximum atomic E-state index is 10.4. The summed E-state index contributed by atoms with van der Waals surface area (Å²) in [5.41, 5.74) is 2.17. The summed E-state index contributed by atoms with van der Waals surface area (Å²) in [5, 5.41) is 10.4. The molecular formula is C14H21NO. The number of aryl methyl sites for hydroxylation is 1. The lowest BCUT2D eigenvalue weighted by atomic mass is 9.78. The molecule has 1 saturated carbocycles. The highest BCUT2D eigenvalue weighted by atomic mass is 16.3. The van der Waals surface area contributed by atoms with Gasteiger partial charge in [-0.05, 0) is 43.2 Å². The largest absolute Gasteiger partial charge is 0.388 e. The fourth-order valence-corrected chi connectivity index (χ4v) is 2.64. The minimum absolute atomic E-state index is 0.318. The Morgan fingerprint density at radius 1 is 1.31 bits per heavy atom. The van der Waals surface area contributed by atoms with Gasteiger partial charge >= 0.3 is 0 Å². The third-order valence-electron chi connectivity index (χ3n) is 3.91. The molecule has 1 aliphatic carbocycles. The average molecular weight is 219 g/mol. The average Bonchev–Trinajstić information content (AvgIpc) is 2.30. The molecule has 1 aromatic heterocycles. The summed E-state index contributed by atoms with van der Waals surface area (Å²) in [4.78, 5) is 4.12. The minimum atomic E-state index is -0.318. The van der Waals surface area contributed by atoms with Crippen molar-refractivity contribution in [2.45, 2.75) is 45.6 Å². The van der Waals surface area contributed by atoms with Crippen LogP contribution in [0.25, 0.3) is 0 Å². The Bertz CT molecular complexity index is 342. The van der Waals surface area contributed by atoms with Crippen molar-refractivity contribution in [2.24, 2.45) is 11.8 Å². The van der Waals surface area contributed by atoms with Crippen molar-refractivity contribution in [1.29, 1.82) is 0 Å². The Morgan fingerprint density at radius 3 is 2.62 bits per heavy atom. The predicted molar refractivity (Wildman–Crippen MR) is 65.1 cm³/mol. The zero-order valence-electron chi connectivity index (χ0n) is 10.2. The zero-order valence-corrected chi connectivity index (χ0v) is 10.2. The van der Waals surface area contributed by atoms with Crippen LogP contribution in [0.3, 0.4) is 0 Å². The molecule has 0 aliphatic heterocycles. The second kappa shape index (κ2) is 4.96. The SMILES string of the molecule is Cc1ccncc1C(O)C1CCC(C)CC1. The van der Waals surface area contributed by atoms with Crippen LogP contribution < -0.4 is 0 Å². The van der Waals surface area contributed by atoms with Crippen molar-refractivity contribution in [3.05, 3.63) is 29.6 Å². The van der Waals surface area contributed by atoms with Gasteiger partial charge in [0.25, 0.3) is 0 Å². The summed E-state index contributed by atoms with van der Waals surface area (Å²) in [5.74, 6) is 1.26. The van der Waals surface area contributed by atoms with E-state index < -0.39 is 0 Å². The van der Waals surface area contributed by atoms with Crippen LogP contribution in [-0.2, 0) is 0 Å². The van der Waals surface area contributed by atoms with Gasteiger partial charge in [0.2, 0.25) is 0 Å². The molecule has 2 rings (SSSR count). The molecule has 1 atom stereocenters. The number of hydrogen-bond acceptors (Lipinski definition) is 2. The Kier molecular flexibility index (Phi) is 3.59. The molecule has 0 amide bonds. The molecule has 1 fully saturated rings. The lowest BCUT2D eigenvalue weighted by Gasteiger charge is -2.30. The summed E-state index contributed by atoms with van der Waals surface area (Å²) < 4.78 is 0. The molecule has 88 valence electrons. The molecule has 16 heavy (non-hydrogen) atoms. The fraction of sp³-hybridized carbons (Fsp3) is 0.643. The smallest absolute Gasteiger partial charge is 0.0835 e. The van der Waals surface area contributed by atoms with Crippen molar-refractivity contribution >= 4 is 0 Å². The summed E-state index contributed by atoms with van der Waals surface area (Å²) >= 11 is 0. The number of aliphatic hydroxyl groups is 1. The van der Waals surface area contributed by atoms with E-state index in [2.05, 4.69) is 11.9 Å². The van der Waals surface area contributed by atoms with Crippen LogP contribution >= 0.6 is 0 Å². The van der Waals surface area contributed by atoms with Crippen LogP contribution in [0.4, 0.5) is 0 Å². The molecule has 0 spiro atoms. The van der Waals surface area contributed by atoms with Gasteiger partial charge in [-0.1, -0.05) is 19.8 Å². The molecule has 1 heterocycles. The third-order valence-corrected chi connectivity index (χ3v) is 3.91. The first-order valence-electron chi connectivity index (χ1n) is 6.27. The van der Waals surface area contributed by atoms with Crippen molar-refractivity contribution in [3.8, 4) is 0 Å². The van der Waals surface area contributed by atoms with Crippen LogP contribution in [0.15, 0.2) is 18.5 Å². The highest BCUT2D eigenvalue weighted by Crippen LogP contribution is 2.37. The van der Waals surface area contributed by atoms with Gasteiger partial charge in [-0.2, -0.15) is 0 Å². The van der Waals surface area contributed by atoms with Gasteiger partial charge in [0.1, 0.15) is 0 Å². The molecule has 0 bridgehead atoms. The number of nitrogens with zero attached hydrogens (tertiary/aromatic N) is 1. The summed E-state index contributed by atoms with van der Waals surface area (Å²) in [7, 11) is 0. The second-order valence-corrected chi connectivity index (χ2v) is 5.20. The number of pyridine rings is 1. The number of rotatable bonds is 2.